The normalized spacial score (nSPS) is 14.0. The van der Waals surface area contributed by atoms with Crippen LogP contribution in [-0.2, 0) is 0 Å². The Kier molecular flexibility index (Phi) is 7.72. The van der Waals surface area contributed by atoms with E-state index in [2.05, 4.69) is 197 Å². The van der Waals surface area contributed by atoms with Crippen molar-refractivity contribution < 1.29 is 0 Å². The number of nitrogens with zero attached hydrogens (tertiary/aromatic N) is 4. The van der Waals surface area contributed by atoms with Gasteiger partial charge in [0, 0.05) is 49.8 Å². The molecule has 3 aromatic heterocycles. The smallest absolute Gasteiger partial charge is 0.162 e. The van der Waals surface area contributed by atoms with Gasteiger partial charge in [0.05, 0.1) is 27.8 Å². The van der Waals surface area contributed by atoms with Crippen LogP contribution in [0.25, 0.3) is 111 Å². The Bertz CT molecular complexity index is 3700. The molecule has 0 spiro atoms. The molecular formula is C57H38N4S. The molecule has 5 heteroatoms. The van der Waals surface area contributed by atoms with E-state index in [9.17, 15) is 0 Å². The topological polar surface area (TPSA) is 35.6 Å². The third-order valence-electron chi connectivity index (χ3n) is 12.8. The van der Waals surface area contributed by atoms with Crippen molar-refractivity contribution in [3.63, 3.8) is 0 Å². The van der Waals surface area contributed by atoms with E-state index in [0.29, 0.717) is 5.82 Å². The third-order valence-corrected chi connectivity index (χ3v) is 15.1. The molecule has 12 aromatic rings. The largest absolute Gasteiger partial charge is 0.309 e. The predicted molar refractivity (Wildman–Crippen MR) is 261 cm³/mol. The number of hydrogen-bond acceptors (Lipinski definition) is 2. The Morgan fingerprint density at radius 1 is 0.371 bits per heavy atom. The van der Waals surface area contributed by atoms with Crippen LogP contribution in [0.1, 0.15) is 0 Å². The van der Waals surface area contributed by atoms with E-state index in [1.165, 1.54) is 69.8 Å². The van der Waals surface area contributed by atoms with Crippen molar-refractivity contribution in [2.45, 2.75) is 9.79 Å². The maximum Gasteiger partial charge on any atom is 0.162 e. The molecule has 1 atom stereocenters. The zero-order valence-electron chi connectivity index (χ0n) is 33.9. The van der Waals surface area contributed by atoms with E-state index >= 15 is 0 Å². The standard InChI is InChI=1S/C57H38N4S/c1-62-52-26-14-12-23-43(52)45-34-51-55(44-24-15-27-53(62)56(44)45)46-32-38(29-31-49(46)60(51)40-20-9-4-10-21-40)39-28-30-42-41-22-11-13-25-48(41)61(50(42)33-39)54-35-47(36-16-5-2-6-17-36)58-57(59-54)37-18-7-3-8-19-37/h2-35,62H,1H3. The first-order valence-electron chi connectivity index (χ1n) is 21.1. The third kappa shape index (κ3) is 5.22. The van der Waals surface area contributed by atoms with Gasteiger partial charge < -0.3 is 4.57 Å². The number of para-hydroxylation sites is 2. The van der Waals surface area contributed by atoms with Crippen molar-refractivity contribution in [2.24, 2.45) is 0 Å². The van der Waals surface area contributed by atoms with Crippen molar-refractivity contribution in [1.29, 1.82) is 0 Å². The molecule has 0 N–H and O–H groups in total. The minimum Gasteiger partial charge on any atom is -0.309 e. The molecule has 4 heterocycles. The highest BCUT2D eigenvalue weighted by atomic mass is 32.2. The molecule has 62 heavy (non-hydrogen) atoms. The van der Waals surface area contributed by atoms with Gasteiger partial charge in [0.25, 0.3) is 0 Å². The summed E-state index contributed by atoms with van der Waals surface area (Å²) in [6.45, 7) is 0. The molecule has 13 rings (SSSR count). The molecule has 1 aliphatic heterocycles. The maximum atomic E-state index is 5.31. The molecule has 292 valence electrons. The maximum absolute atomic E-state index is 5.31. The van der Waals surface area contributed by atoms with Gasteiger partial charge in [0.15, 0.2) is 5.82 Å². The van der Waals surface area contributed by atoms with Gasteiger partial charge in [-0.05, 0) is 98.3 Å². The first kappa shape index (κ1) is 35.1. The zero-order chi connectivity index (χ0) is 40.9. The highest BCUT2D eigenvalue weighted by molar-refractivity contribution is 8.16. The van der Waals surface area contributed by atoms with Crippen LogP contribution in [-0.4, -0.2) is 25.4 Å². The summed E-state index contributed by atoms with van der Waals surface area (Å²) >= 11 is 0. The summed E-state index contributed by atoms with van der Waals surface area (Å²) in [7, 11) is -0.488. The molecule has 0 radical (unpaired) electrons. The molecule has 0 aliphatic carbocycles. The summed E-state index contributed by atoms with van der Waals surface area (Å²) in [4.78, 5) is 13.3. The van der Waals surface area contributed by atoms with Gasteiger partial charge in [-0.1, -0.05) is 146 Å². The number of benzene rings is 9. The molecule has 9 aromatic carbocycles. The van der Waals surface area contributed by atoms with Crippen molar-refractivity contribution in [3.8, 4) is 56.4 Å². The Labute approximate surface area is 361 Å². The van der Waals surface area contributed by atoms with Crippen LogP contribution in [0.3, 0.4) is 0 Å². The van der Waals surface area contributed by atoms with Crippen LogP contribution in [0.2, 0.25) is 0 Å². The van der Waals surface area contributed by atoms with Gasteiger partial charge in [0.2, 0.25) is 0 Å². The minimum atomic E-state index is -0.488. The van der Waals surface area contributed by atoms with Crippen LogP contribution < -0.4 is 0 Å². The van der Waals surface area contributed by atoms with Crippen LogP contribution in [0, 0.1) is 0 Å². The summed E-state index contributed by atoms with van der Waals surface area (Å²) < 4.78 is 4.79. The van der Waals surface area contributed by atoms with Crippen molar-refractivity contribution in [1.82, 2.24) is 19.1 Å². The fraction of sp³-hybridized carbons (Fsp3) is 0.0175. The monoisotopic (exact) mass is 810 g/mol. The predicted octanol–water partition coefficient (Wildman–Crippen LogP) is 14.9. The van der Waals surface area contributed by atoms with Crippen LogP contribution in [0.5, 0.6) is 0 Å². The van der Waals surface area contributed by atoms with Crippen LogP contribution >= 0.6 is 10.9 Å². The van der Waals surface area contributed by atoms with E-state index in [1.54, 1.807) is 0 Å². The van der Waals surface area contributed by atoms with Gasteiger partial charge in [0.1, 0.15) is 5.82 Å². The average molecular weight is 811 g/mol. The van der Waals surface area contributed by atoms with Gasteiger partial charge in [-0.2, -0.15) is 0 Å². The first-order valence-corrected chi connectivity index (χ1v) is 22.9. The fourth-order valence-corrected chi connectivity index (χ4v) is 12.1. The molecule has 0 saturated heterocycles. The van der Waals surface area contributed by atoms with Crippen LogP contribution in [0.4, 0.5) is 0 Å². The number of aromatic nitrogens is 4. The lowest BCUT2D eigenvalue weighted by Gasteiger charge is -2.29. The molecule has 0 amide bonds. The number of fused-ring (bicyclic) bond motifs is 9. The molecule has 0 bridgehead atoms. The molecule has 0 fully saturated rings. The lowest BCUT2D eigenvalue weighted by molar-refractivity contribution is 1.05. The molecule has 0 saturated carbocycles. The summed E-state index contributed by atoms with van der Waals surface area (Å²) in [6.07, 6.45) is 2.42. The van der Waals surface area contributed by atoms with Crippen molar-refractivity contribution in [2.75, 3.05) is 6.26 Å². The highest BCUT2D eigenvalue weighted by Gasteiger charge is 2.26. The molecule has 1 aliphatic rings. The summed E-state index contributed by atoms with van der Waals surface area (Å²) in [6, 6.07) is 74.8. The second-order valence-corrected chi connectivity index (χ2v) is 18.3. The van der Waals surface area contributed by atoms with Crippen molar-refractivity contribution in [3.05, 3.63) is 206 Å². The van der Waals surface area contributed by atoms with E-state index in [4.69, 9.17) is 9.97 Å². The number of rotatable bonds is 5. The average Bonchev–Trinajstić information content (AvgIpc) is 3.86. The number of hydrogen-bond donors (Lipinski definition) is 1. The summed E-state index contributed by atoms with van der Waals surface area (Å²) in [5.41, 5.74) is 13.7. The molecule has 1 unspecified atom stereocenters. The Balaban J connectivity index is 1.07. The van der Waals surface area contributed by atoms with Gasteiger partial charge >= 0.3 is 0 Å². The van der Waals surface area contributed by atoms with E-state index < -0.39 is 10.9 Å². The zero-order valence-corrected chi connectivity index (χ0v) is 34.8. The van der Waals surface area contributed by atoms with Gasteiger partial charge in [-0.15, -0.1) is 0 Å². The lowest BCUT2D eigenvalue weighted by Crippen LogP contribution is -2.02. The summed E-state index contributed by atoms with van der Waals surface area (Å²) in [5.74, 6) is 1.53. The Morgan fingerprint density at radius 3 is 1.85 bits per heavy atom. The molecular weight excluding hydrogens is 773 g/mol. The van der Waals surface area contributed by atoms with Crippen molar-refractivity contribution >= 4 is 65.3 Å². The van der Waals surface area contributed by atoms with E-state index in [0.717, 1.165) is 44.9 Å². The number of thiol groups is 1. The SMILES string of the molecule is C[SH]1c2ccccc2-c2cc3c(c4cccc1c24)c1cc(-c2ccc4c5ccccc5n(-c5cc(-c6ccccc6)nc(-c6ccccc6)n5)c4c2)ccc1n3-c1ccccc1. The van der Waals surface area contributed by atoms with E-state index in [-0.39, 0.29) is 0 Å². The minimum absolute atomic E-state index is 0.488. The Morgan fingerprint density at radius 2 is 1.02 bits per heavy atom. The lowest BCUT2D eigenvalue weighted by atomic mass is 9.93. The van der Waals surface area contributed by atoms with Gasteiger partial charge in [-0.25, -0.2) is 20.9 Å². The second kappa shape index (κ2) is 13.6. The fourth-order valence-electron chi connectivity index (χ4n) is 10.0. The summed E-state index contributed by atoms with van der Waals surface area (Å²) in [5, 5.41) is 7.63. The Hall–Kier alpha value is -7.73. The first-order chi connectivity index (χ1) is 30.7. The quantitative estimate of drug-likeness (QED) is 0.176. The van der Waals surface area contributed by atoms with Gasteiger partial charge in [-0.3, -0.25) is 4.57 Å². The molecule has 4 nitrogen and oxygen atoms in total. The van der Waals surface area contributed by atoms with E-state index in [1.807, 2.05) is 24.3 Å². The van der Waals surface area contributed by atoms with Crippen LogP contribution in [0.15, 0.2) is 216 Å². The second-order valence-electron chi connectivity index (χ2n) is 16.2. The highest BCUT2D eigenvalue weighted by Crippen LogP contribution is 2.57.